The molecule has 2 rings (SSSR count). The van der Waals surface area contributed by atoms with Gasteiger partial charge in [0.25, 0.3) is 5.56 Å². The van der Waals surface area contributed by atoms with Crippen molar-refractivity contribution in [2.45, 2.75) is 40.3 Å². The minimum absolute atomic E-state index is 0.0957. The van der Waals surface area contributed by atoms with E-state index < -0.39 is 0 Å². The molecule has 0 radical (unpaired) electrons. The Morgan fingerprint density at radius 1 is 1.35 bits per heavy atom. The molecular formula is C14H21N5O. The summed E-state index contributed by atoms with van der Waals surface area (Å²) in [6, 6.07) is 0.118. The molecule has 20 heavy (non-hydrogen) atoms. The van der Waals surface area contributed by atoms with E-state index in [9.17, 15) is 4.79 Å². The van der Waals surface area contributed by atoms with Crippen LogP contribution in [0.2, 0.25) is 0 Å². The lowest BCUT2D eigenvalue weighted by atomic mass is 10.2. The number of hydrogen-bond donors (Lipinski definition) is 1. The molecule has 2 aromatic heterocycles. The molecule has 0 aromatic carbocycles. The molecule has 0 aliphatic rings. The van der Waals surface area contributed by atoms with Crippen molar-refractivity contribution in [2.24, 2.45) is 7.05 Å². The molecule has 1 N–H and O–H groups in total. The van der Waals surface area contributed by atoms with Crippen LogP contribution in [0.15, 0.2) is 17.2 Å². The van der Waals surface area contributed by atoms with Crippen molar-refractivity contribution in [3.8, 4) is 0 Å². The lowest BCUT2D eigenvalue weighted by molar-refractivity contribution is 0.575. The van der Waals surface area contributed by atoms with E-state index in [1.165, 1.54) is 0 Å². The minimum Gasteiger partial charge on any atom is -0.361 e. The standard InChI is InChI=1S/C14H21N5O/c1-9(2)19-7-6-15-13(14(19)20)16-8-12-10(3)17-18(5)11(12)4/h6-7,9H,8H2,1-5H3,(H,15,16). The molecule has 0 saturated carbocycles. The highest BCUT2D eigenvalue weighted by Crippen LogP contribution is 2.13. The highest BCUT2D eigenvalue weighted by Gasteiger charge is 2.11. The van der Waals surface area contributed by atoms with Gasteiger partial charge in [0.05, 0.1) is 5.69 Å². The van der Waals surface area contributed by atoms with Crippen LogP contribution in [0.1, 0.15) is 36.8 Å². The lowest BCUT2D eigenvalue weighted by Gasteiger charge is -2.11. The van der Waals surface area contributed by atoms with Gasteiger partial charge in [-0.25, -0.2) is 4.98 Å². The molecule has 0 amide bonds. The fraction of sp³-hybridized carbons (Fsp3) is 0.500. The Bertz CT molecular complexity index is 669. The maximum absolute atomic E-state index is 12.2. The SMILES string of the molecule is Cc1nn(C)c(C)c1CNc1nccn(C(C)C)c1=O. The highest BCUT2D eigenvalue weighted by molar-refractivity contribution is 5.35. The molecule has 0 atom stereocenters. The van der Waals surface area contributed by atoms with Crippen molar-refractivity contribution in [1.29, 1.82) is 0 Å². The van der Waals surface area contributed by atoms with Crippen molar-refractivity contribution >= 4 is 5.82 Å². The van der Waals surface area contributed by atoms with E-state index in [1.807, 2.05) is 39.4 Å². The molecule has 2 aromatic rings. The summed E-state index contributed by atoms with van der Waals surface area (Å²) in [5.74, 6) is 0.379. The second-order valence-electron chi connectivity index (χ2n) is 5.21. The number of nitrogens with one attached hydrogen (secondary N) is 1. The minimum atomic E-state index is -0.0957. The van der Waals surface area contributed by atoms with Crippen LogP contribution in [0.5, 0.6) is 0 Å². The summed E-state index contributed by atoms with van der Waals surface area (Å²) in [4.78, 5) is 16.4. The molecule has 6 heteroatoms. The second kappa shape index (κ2) is 5.48. The van der Waals surface area contributed by atoms with Crippen LogP contribution in [0.4, 0.5) is 5.82 Å². The first-order valence-corrected chi connectivity index (χ1v) is 6.72. The van der Waals surface area contributed by atoms with Crippen LogP contribution in [0.3, 0.4) is 0 Å². The van der Waals surface area contributed by atoms with E-state index in [0.717, 1.165) is 17.0 Å². The van der Waals surface area contributed by atoms with Crippen LogP contribution in [0.25, 0.3) is 0 Å². The van der Waals surface area contributed by atoms with E-state index in [-0.39, 0.29) is 11.6 Å². The molecule has 0 saturated heterocycles. The van der Waals surface area contributed by atoms with Gasteiger partial charge in [-0.2, -0.15) is 5.10 Å². The number of aryl methyl sites for hydroxylation is 2. The van der Waals surface area contributed by atoms with Crippen molar-refractivity contribution in [3.05, 3.63) is 39.7 Å². The predicted molar refractivity (Wildman–Crippen MR) is 78.9 cm³/mol. The van der Waals surface area contributed by atoms with Gasteiger partial charge < -0.3 is 9.88 Å². The Hall–Kier alpha value is -2.11. The average molecular weight is 275 g/mol. The van der Waals surface area contributed by atoms with E-state index in [0.29, 0.717) is 12.4 Å². The fourth-order valence-electron chi connectivity index (χ4n) is 2.20. The van der Waals surface area contributed by atoms with Crippen molar-refractivity contribution in [1.82, 2.24) is 19.3 Å². The summed E-state index contributed by atoms with van der Waals surface area (Å²) in [5.41, 5.74) is 3.07. The van der Waals surface area contributed by atoms with Crippen LogP contribution in [-0.2, 0) is 13.6 Å². The van der Waals surface area contributed by atoms with Gasteiger partial charge in [-0.1, -0.05) is 0 Å². The van der Waals surface area contributed by atoms with Gasteiger partial charge in [-0.3, -0.25) is 9.48 Å². The van der Waals surface area contributed by atoms with E-state index in [1.54, 1.807) is 17.0 Å². The maximum Gasteiger partial charge on any atom is 0.293 e. The molecule has 0 aliphatic heterocycles. The predicted octanol–water partition coefficient (Wildman–Crippen LogP) is 1.79. The molecule has 2 heterocycles. The summed E-state index contributed by atoms with van der Waals surface area (Å²) in [5, 5.41) is 7.49. The van der Waals surface area contributed by atoms with Crippen molar-refractivity contribution in [2.75, 3.05) is 5.32 Å². The van der Waals surface area contributed by atoms with Crippen molar-refractivity contribution in [3.63, 3.8) is 0 Å². The average Bonchev–Trinajstić information content (AvgIpc) is 2.62. The Balaban J connectivity index is 2.24. The first kappa shape index (κ1) is 14.3. The maximum atomic E-state index is 12.2. The summed E-state index contributed by atoms with van der Waals surface area (Å²) < 4.78 is 3.51. The third-order valence-electron chi connectivity index (χ3n) is 3.52. The second-order valence-corrected chi connectivity index (χ2v) is 5.21. The van der Waals surface area contributed by atoms with Crippen molar-refractivity contribution < 1.29 is 0 Å². The van der Waals surface area contributed by atoms with Gasteiger partial charge in [-0.05, 0) is 27.7 Å². The molecule has 108 valence electrons. The monoisotopic (exact) mass is 275 g/mol. The highest BCUT2D eigenvalue weighted by atomic mass is 16.1. The molecule has 0 unspecified atom stereocenters. The quantitative estimate of drug-likeness (QED) is 0.924. The zero-order valence-corrected chi connectivity index (χ0v) is 12.6. The first-order valence-electron chi connectivity index (χ1n) is 6.72. The van der Waals surface area contributed by atoms with Gasteiger partial charge in [0.1, 0.15) is 0 Å². The van der Waals surface area contributed by atoms with Gasteiger partial charge in [0, 0.05) is 43.3 Å². The topological polar surface area (TPSA) is 64.7 Å². The Morgan fingerprint density at radius 2 is 2.05 bits per heavy atom. The number of anilines is 1. The third-order valence-corrected chi connectivity index (χ3v) is 3.52. The van der Waals surface area contributed by atoms with E-state index in [2.05, 4.69) is 15.4 Å². The van der Waals surface area contributed by atoms with E-state index in [4.69, 9.17) is 0 Å². The number of hydrogen-bond acceptors (Lipinski definition) is 4. The van der Waals surface area contributed by atoms with Crippen LogP contribution >= 0.6 is 0 Å². The summed E-state index contributed by atoms with van der Waals surface area (Å²) in [6.07, 6.45) is 3.35. The normalized spacial score (nSPS) is 11.1. The number of nitrogens with zero attached hydrogens (tertiary/aromatic N) is 4. The molecule has 0 bridgehead atoms. The summed E-state index contributed by atoms with van der Waals surface area (Å²) in [6.45, 7) is 8.48. The Kier molecular flexibility index (Phi) is 3.92. The zero-order valence-electron chi connectivity index (χ0n) is 12.6. The largest absolute Gasteiger partial charge is 0.361 e. The number of aromatic nitrogens is 4. The first-order chi connectivity index (χ1) is 9.41. The smallest absolute Gasteiger partial charge is 0.293 e. The van der Waals surface area contributed by atoms with Gasteiger partial charge in [0.2, 0.25) is 0 Å². The third kappa shape index (κ3) is 2.59. The lowest BCUT2D eigenvalue weighted by Crippen LogP contribution is -2.25. The molecule has 0 aliphatic carbocycles. The van der Waals surface area contributed by atoms with Crippen LogP contribution < -0.4 is 10.9 Å². The van der Waals surface area contributed by atoms with Crippen LogP contribution in [-0.4, -0.2) is 19.3 Å². The fourth-order valence-corrected chi connectivity index (χ4v) is 2.20. The summed E-state index contributed by atoms with van der Waals surface area (Å²) in [7, 11) is 1.92. The van der Waals surface area contributed by atoms with E-state index >= 15 is 0 Å². The molecule has 6 nitrogen and oxygen atoms in total. The van der Waals surface area contributed by atoms with Crippen LogP contribution in [0, 0.1) is 13.8 Å². The molecular weight excluding hydrogens is 254 g/mol. The van der Waals surface area contributed by atoms with Gasteiger partial charge >= 0.3 is 0 Å². The van der Waals surface area contributed by atoms with Gasteiger partial charge in [-0.15, -0.1) is 0 Å². The Labute approximate surface area is 118 Å². The Morgan fingerprint density at radius 3 is 2.60 bits per heavy atom. The zero-order chi connectivity index (χ0) is 14.9. The molecule has 0 spiro atoms. The van der Waals surface area contributed by atoms with Gasteiger partial charge in [0.15, 0.2) is 5.82 Å². The number of rotatable bonds is 4. The molecule has 0 fully saturated rings. The summed E-state index contributed by atoms with van der Waals surface area (Å²) >= 11 is 0.